The number of nitrogens with zero attached hydrogens (tertiary/aromatic N) is 3. The number of carbonyl (C=O) groups is 1. The first kappa shape index (κ1) is 13.7. The molecular weight excluding hydrogens is 292 g/mol. The summed E-state index contributed by atoms with van der Waals surface area (Å²) in [4.78, 5) is 28.0. The molecule has 1 aliphatic carbocycles. The molecular formula is C16H16N6O. The minimum Gasteiger partial charge on any atom is -0.382 e. The number of aromatic nitrogens is 4. The maximum atomic E-state index is 12.2. The fraction of sp³-hybridized carbons (Fsp3) is 0.250. The van der Waals surface area contributed by atoms with Gasteiger partial charge in [0.05, 0.1) is 11.0 Å². The van der Waals surface area contributed by atoms with Gasteiger partial charge in [-0.15, -0.1) is 0 Å². The number of nitrogens with two attached hydrogens (primary N) is 1. The molecule has 1 amide bonds. The molecule has 7 nitrogen and oxygen atoms in total. The van der Waals surface area contributed by atoms with Gasteiger partial charge in [0.25, 0.3) is 5.91 Å². The van der Waals surface area contributed by atoms with Crippen LogP contribution in [0.4, 0.5) is 11.5 Å². The van der Waals surface area contributed by atoms with Crippen molar-refractivity contribution in [2.45, 2.75) is 25.2 Å². The number of nitrogen functional groups attached to an aromatic ring is 1. The SMILES string of the molecule is Nc1nccnc1C(=O)Nc1ccc2nc(C3CCC3)[nH]c2c1. The Hall–Kier alpha value is -2.96. The Balaban J connectivity index is 1.59. The second-order valence-corrected chi connectivity index (χ2v) is 5.73. The van der Waals surface area contributed by atoms with Crippen LogP contribution in [0.25, 0.3) is 11.0 Å². The Morgan fingerprint density at radius 1 is 1.26 bits per heavy atom. The maximum absolute atomic E-state index is 12.2. The van der Waals surface area contributed by atoms with Crippen molar-refractivity contribution in [2.75, 3.05) is 11.1 Å². The van der Waals surface area contributed by atoms with Gasteiger partial charge in [-0.3, -0.25) is 4.79 Å². The van der Waals surface area contributed by atoms with E-state index >= 15 is 0 Å². The van der Waals surface area contributed by atoms with E-state index in [9.17, 15) is 4.79 Å². The van der Waals surface area contributed by atoms with E-state index in [0.717, 1.165) is 16.9 Å². The van der Waals surface area contributed by atoms with Gasteiger partial charge in [0.1, 0.15) is 5.82 Å². The number of hydrogen-bond acceptors (Lipinski definition) is 5. The molecule has 1 fully saturated rings. The molecule has 1 aliphatic rings. The van der Waals surface area contributed by atoms with Crippen LogP contribution in [0.3, 0.4) is 0 Å². The van der Waals surface area contributed by atoms with Gasteiger partial charge in [-0.2, -0.15) is 0 Å². The molecule has 0 radical (unpaired) electrons. The van der Waals surface area contributed by atoms with E-state index in [4.69, 9.17) is 5.73 Å². The van der Waals surface area contributed by atoms with Gasteiger partial charge >= 0.3 is 0 Å². The molecule has 0 aliphatic heterocycles. The third-order valence-corrected chi connectivity index (χ3v) is 4.19. The Kier molecular flexibility index (Phi) is 3.18. The van der Waals surface area contributed by atoms with Crippen LogP contribution in [-0.4, -0.2) is 25.8 Å². The Morgan fingerprint density at radius 2 is 2.09 bits per heavy atom. The largest absolute Gasteiger partial charge is 0.382 e. The van der Waals surface area contributed by atoms with Crippen molar-refractivity contribution in [1.29, 1.82) is 0 Å². The highest BCUT2D eigenvalue weighted by Crippen LogP contribution is 2.35. The molecule has 0 atom stereocenters. The van der Waals surface area contributed by atoms with Crippen LogP contribution in [0.15, 0.2) is 30.6 Å². The average molecular weight is 308 g/mol. The van der Waals surface area contributed by atoms with E-state index in [2.05, 4.69) is 25.3 Å². The van der Waals surface area contributed by atoms with Crippen molar-refractivity contribution < 1.29 is 4.79 Å². The fourth-order valence-corrected chi connectivity index (χ4v) is 2.70. The zero-order valence-electron chi connectivity index (χ0n) is 12.4. The lowest BCUT2D eigenvalue weighted by Gasteiger charge is -2.22. The Labute approximate surface area is 132 Å². The van der Waals surface area contributed by atoms with Crippen LogP contribution in [0.1, 0.15) is 41.5 Å². The van der Waals surface area contributed by atoms with Gasteiger partial charge in [0.15, 0.2) is 11.5 Å². The third-order valence-electron chi connectivity index (χ3n) is 4.19. The van der Waals surface area contributed by atoms with Gasteiger partial charge in [-0.25, -0.2) is 15.0 Å². The molecule has 0 saturated heterocycles. The average Bonchev–Trinajstić information content (AvgIpc) is 2.88. The smallest absolute Gasteiger partial charge is 0.278 e. The molecule has 4 rings (SSSR count). The normalized spacial score (nSPS) is 14.6. The van der Waals surface area contributed by atoms with Crippen LogP contribution in [0, 0.1) is 0 Å². The Bertz CT molecular complexity index is 883. The Morgan fingerprint density at radius 3 is 2.83 bits per heavy atom. The number of aromatic amines is 1. The van der Waals surface area contributed by atoms with Gasteiger partial charge in [-0.1, -0.05) is 6.42 Å². The molecule has 1 saturated carbocycles. The third kappa shape index (κ3) is 2.50. The number of anilines is 2. The van der Waals surface area contributed by atoms with Crippen LogP contribution >= 0.6 is 0 Å². The number of benzene rings is 1. The summed E-state index contributed by atoms with van der Waals surface area (Å²) in [7, 11) is 0. The van der Waals surface area contributed by atoms with Crippen molar-refractivity contribution in [3.8, 4) is 0 Å². The van der Waals surface area contributed by atoms with Gasteiger partial charge in [-0.05, 0) is 31.0 Å². The number of H-pyrrole nitrogens is 1. The van der Waals surface area contributed by atoms with Crippen LogP contribution in [0.5, 0.6) is 0 Å². The molecule has 1 aromatic carbocycles. The van der Waals surface area contributed by atoms with Gasteiger partial charge < -0.3 is 16.0 Å². The summed E-state index contributed by atoms with van der Waals surface area (Å²) in [5.74, 6) is 1.31. The molecule has 2 aromatic heterocycles. The quantitative estimate of drug-likeness (QED) is 0.688. The summed E-state index contributed by atoms with van der Waals surface area (Å²) < 4.78 is 0. The van der Waals surface area contributed by atoms with E-state index in [1.807, 2.05) is 18.2 Å². The lowest BCUT2D eigenvalue weighted by molar-refractivity contribution is 0.102. The molecule has 0 unspecified atom stereocenters. The molecule has 23 heavy (non-hydrogen) atoms. The molecule has 4 N–H and O–H groups in total. The maximum Gasteiger partial charge on any atom is 0.278 e. The van der Waals surface area contributed by atoms with Crippen molar-refractivity contribution in [3.63, 3.8) is 0 Å². The van der Waals surface area contributed by atoms with Crippen LogP contribution in [0.2, 0.25) is 0 Å². The zero-order chi connectivity index (χ0) is 15.8. The number of fused-ring (bicyclic) bond motifs is 1. The second kappa shape index (κ2) is 5.35. The summed E-state index contributed by atoms with van der Waals surface area (Å²) in [6.07, 6.45) is 6.53. The summed E-state index contributed by atoms with van der Waals surface area (Å²) in [5.41, 5.74) is 8.27. The standard InChI is InChI=1S/C16H16N6O/c17-14-13(18-6-7-19-14)16(23)20-10-4-5-11-12(8-10)22-15(21-11)9-2-1-3-9/h4-9H,1-3H2,(H2,17,19)(H,20,23)(H,21,22). The first-order valence-corrected chi connectivity index (χ1v) is 7.58. The number of rotatable bonds is 3. The molecule has 0 spiro atoms. The first-order chi connectivity index (χ1) is 11.2. The molecule has 2 heterocycles. The number of amides is 1. The summed E-state index contributed by atoms with van der Waals surface area (Å²) in [6, 6.07) is 5.58. The fourth-order valence-electron chi connectivity index (χ4n) is 2.70. The first-order valence-electron chi connectivity index (χ1n) is 7.58. The topological polar surface area (TPSA) is 110 Å². The molecule has 116 valence electrons. The number of nitrogens with one attached hydrogen (secondary N) is 2. The molecule has 0 bridgehead atoms. The van der Waals surface area contributed by atoms with Crippen molar-refractivity contribution in [3.05, 3.63) is 42.1 Å². The molecule has 7 heteroatoms. The van der Waals surface area contributed by atoms with E-state index in [1.54, 1.807) is 0 Å². The zero-order valence-corrected chi connectivity index (χ0v) is 12.4. The highest BCUT2D eigenvalue weighted by atomic mass is 16.1. The summed E-state index contributed by atoms with van der Waals surface area (Å²) in [6.45, 7) is 0. The van der Waals surface area contributed by atoms with E-state index < -0.39 is 0 Å². The van der Waals surface area contributed by atoms with E-state index in [-0.39, 0.29) is 17.4 Å². The summed E-state index contributed by atoms with van der Waals surface area (Å²) in [5, 5.41) is 2.79. The van der Waals surface area contributed by atoms with Gasteiger partial charge in [0, 0.05) is 24.0 Å². The predicted octanol–water partition coefficient (Wildman–Crippen LogP) is 2.45. The van der Waals surface area contributed by atoms with Crippen LogP contribution in [-0.2, 0) is 0 Å². The number of carbonyl (C=O) groups excluding carboxylic acids is 1. The minimum atomic E-state index is -0.381. The van der Waals surface area contributed by atoms with Gasteiger partial charge in [0.2, 0.25) is 0 Å². The lowest BCUT2D eigenvalue weighted by atomic mass is 9.85. The number of hydrogen-bond donors (Lipinski definition) is 3. The van der Waals surface area contributed by atoms with E-state index in [1.165, 1.54) is 31.7 Å². The highest BCUT2D eigenvalue weighted by molar-refractivity contribution is 6.06. The lowest BCUT2D eigenvalue weighted by Crippen LogP contribution is -2.16. The van der Waals surface area contributed by atoms with Crippen molar-refractivity contribution in [2.24, 2.45) is 0 Å². The van der Waals surface area contributed by atoms with Crippen LogP contribution < -0.4 is 11.1 Å². The summed E-state index contributed by atoms with van der Waals surface area (Å²) >= 11 is 0. The second-order valence-electron chi connectivity index (χ2n) is 5.73. The molecule has 3 aromatic rings. The van der Waals surface area contributed by atoms with E-state index in [0.29, 0.717) is 11.6 Å². The predicted molar refractivity (Wildman–Crippen MR) is 87.1 cm³/mol. The number of imidazole rings is 1. The van der Waals surface area contributed by atoms with Crippen molar-refractivity contribution in [1.82, 2.24) is 19.9 Å². The monoisotopic (exact) mass is 308 g/mol. The minimum absolute atomic E-state index is 0.111. The van der Waals surface area contributed by atoms with Crippen molar-refractivity contribution >= 4 is 28.4 Å². The highest BCUT2D eigenvalue weighted by Gasteiger charge is 2.22.